The van der Waals surface area contributed by atoms with E-state index in [0.717, 1.165) is 30.4 Å². The number of aromatic nitrogens is 1. The summed E-state index contributed by atoms with van der Waals surface area (Å²) in [7, 11) is 6.22. The average Bonchev–Trinajstić information content (AvgIpc) is 3.16. The van der Waals surface area contributed by atoms with E-state index in [1.165, 1.54) is 22.7 Å². The van der Waals surface area contributed by atoms with Crippen LogP contribution in [0.2, 0.25) is 0 Å². The van der Waals surface area contributed by atoms with E-state index < -0.39 is 0 Å². The predicted octanol–water partition coefficient (Wildman–Crippen LogP) is 3.09. The average molecular weight is 331 g/mol. The van der Waals surface area contributed by atoms with Crippen LogP contribution < -0.4 is 4.90 Å². The van der Waals surface area contributed by atoms with Crippen molar-refractivity contribution >= 4 is 26.7 Å². The minimum absolute atomic E-state index is 0.363. The molecule has 2 fully saturated rings. The molecule has 23 heavy (non-hydrogen) atoms. The fourth-order valence-corrected chi connectivity index (χ4v) is 5.32. The Hall–Kier alpha value is -1.17. The Bertz CT molecular complexity index is 653. The molecule has 0 radical (unpaired) electrons. The molecule has 4 rings (SSSR count). The van der Waals surface area contributed by atoms with E-state index in [4.69, 9.17) is 9.72 Å². The Morgan fingerprint density at radius 1 is 1.17 bits per heavy atom. The molecule has 2 heterocycles. The lowest BCUT2D eigenvalue weighted by molar-refractivity contribution is -0.0209. The van der Waals surface area contributed by atoms with Gasteiger partial charge in [0.05, 0.1) is 16.3 Å². The Morgan fingerprint density at radius 2 is 1.91 bits per heavy atom. The number of rotatable bonds is 3. The Balaban J connectivity index is 1.54. The van der Waals surface area contributed by atoms with Crippen LogP contribution in [0.5, 0.6) is 0 Å². The normalized spacial score (nSPS) is 31.0. The molecule has 1 aliphatic carbocycles. The van der Waals surface area contributed by atoms with Crippen LogP contribution in [-0.2, 0) is 4.74 Å². The number of nitrogens with zero attached hydrogens (tertiary/aromatic N) is 3. The van der Waals surface area contributed by atoms with Gasteiger partial charge in [-0.25, -0.2) is 4.98 Å². The standard InChI is InChI=1S/C18H25N3OS/c1-20(2)15-8-12-10-21(11-13(12)9-16(15)22-3)18-19-14-6-4-5-7-17(14)23-18/h4-7,12-13,15-16H,8-11H2,1-3H3/t12-,13+,15-,16-/m1/s1. The summed E-state index contributed by atoms with van der Waals surface area (Å²) in [5.41, 5.74) is 1.13. The quantitative estimate of drug-likeness (QED) is 0.864. The van der Waals surface area contributed by atoms with Gasteiger partial charge < -0.3 is 14.5 Å². The van der Waals surface area contributed by atoms with Crippen molar-refractivity contribution in [3.8, 4) is 0 Å². The van der Waals surface area contributed by atoms with E-state index >= 15 is 0 Å². The summed E-state index contributed by atoms with van der Waals surface area (Å²) in [6.07, 6.45) is 2.77. The zero-order chi connectivity index (χ0) is 16.0. The lowest BCUT2D eigenvalue weighted by Crippen LogP contribution is -2.47. The second-order valence-electron chi connectivity index (χ2n) is 7.17. The fourth-order valence-electron chi connectivity index (χ4n) is 4.34. The first-order chi connectivity index (χ1) is 11.2. The first kappa shape index (κ1) is 15.4. The van der Waals surface area contributed by atoms with Crippen LogP contribution in [0.1, 0.15) is 12.8 Å². The molecule has 0 bridgehead atoms. The first-order valence-electron chi connectivity index (χ1n) is 8.45. The monoisotopic (exact) mass is 331 g/mol. The second-order valence-corrected chi connectivity index (χ2v) is 8.17. The molecule has 1 saturated heterocycles. The SMILES string of the molecule is CO[C@@H]1C[C@H]2CN(c3nc4ccccc4s3)C[C@H]2C[C@H]1N(C)C. The van der Waals surface area contributed by atoms with Gasteiger partial charge in [-0.15, -0.1) is 0 Å². The van der Waals surface area contributed by atoms with Gasteiger partial charge in [-0.2, -0.15) is 0 Å². The van der Waals surface area contributed by atoms with Crippen LogP contribution in [0.4, 0.5) is 5.13 Å². The molecule has 2 aromatic rings. The second kappa shape index (κ2) is 6.04. The number of methoxy groups -OCH3 is 1. The minimum Gasteiger partial charge on any atom is -0.380 e. The van der Waals surface area contributed by atoms with E-state index in [1.54, 1.807) is 0 Å². The van der Waals surface area contributed by atoms with Crippen molar-refractivity contribution in [3.05, 3.63) is 24.3 Å². The Kier molecular flexibility index (Phi) is 4.03. The van der Waals surface area contributed by atoms with Gasteiger partial charge in [0.25, 0.3) is 0 Å². The molecular weight excluding hydrogens is 306 g/mol. The minimum atomic E-state index is 0.363. The van der Waals surface area contributed by atoms with Crippen molar-refractivity contribution in [2.75, 3.05) is 39.2 Å². The zero-order valence-electron chi connectivity index (χ0n) is 14.1. The number of para-hydroxylation sites is 1. The van der Waals surface area contributed by atoms with Gasteiger partial charge in [-0.05, 0) is 50.9 Å². The summed E-state index contributed by atoms with van der Waals surface area (Å²) in [6, 6.07) is 8.99. The van der Waals surface area contributed by atoms with Gasteiger partial charge in [0.15, 0.2) is 5.13 Å². The highest BCUT2D eigenvalue weighted by atomic mass is 32.1. The van der Waals surface area contributed by atoms with Crippen molar-refractivity contribution in [2.24, 2.45) is 11.8 Å². The van der Waals surface area contributed by atoms with Crippen molar-refractivity contribution in [3.63, 3.8) is 0 Å². The highest BCUT2D eigenvalue weighted by molar-refractivity contribution is 7.22. The molecule has 124 valence electrons. The molecule has 4 nitrogen and oxygen atoms in total. The third kappa shape index (κ3) is 2.75. The first-order valence-corrected chi connectivity index (χ1v) is 9.27. The summed E-state index contributed by atoms with van der Waals surface area (Å²) in [4.78, 5) is 9.69. The molecule has 4 atom stereocenters. The maximum Gasteiger partial charge on any atom is 0.186 e. The van der Waals surface area contributed by atoms with Crippen LogP contribution >= 0.6 is 11.3 Å². The third-order valence-electron chi connectivity index (χ3n) is 5.60. The van der Waals surface area contributed by atoms with Gasteiger partial charge in [0.1, 0.15) is 0 Å². The lowest BCUT2D eigenvalue weighted by Gasteiger charge is -2.40. The smallest absolute Gasteiger partial charge is 0.186 e. The number of fused-ring (bicyclic) bond motifs is 2. The van der Waals surface area contributed by atoms with E-state index in [2.05, 4.69) is 48.2 Å². The zero-order valence-corrected chi connectivity index (χ0v) is 14.9. The predicted molar refractivity (Wildman–Crippen MR) is 96.3 cm³/mol. The lowest BCUT2D eigenvalue weighted by atomic mass is 9.77. The van der Waals surface area contributed by atoms with Gasteiger partial charge in [0, 0.05) is 26.2 Å². The number of ether oxygens (including phenoxy) is 1. The van der Waals surface area contributed by atoms with E-state index in [0.29, 0.717) is 12.1 Å². The van der Waals surface area contributed by atoms with Crippen molar-refractivity contribution < 1.29 is 4.74 Å². The van der Waals surface area contributed by atoms with Crippen LogP contribution in [-0.4, -0.2) is 56.3 Å². The molecule has 1 saturated carbocycles. The molecule has 0 unspecified atom stereocenters. The number of benzene rings is 1. The Morgan fingerprint density at radius 3 is 2.61 bits per heavy atom. The highest BCUT2D eigenvalue weighted by Crippen LogP contribution is 2.41. The number of hydrogen-bond acceptors (Lipinski definition) is 5. The maximum absolute atomic E-state index is 5.79. The molecular formula is C18H25N3OS. The van der Waals surface area contributed by atoms with Crippen molar-refractivity contribution in [1.29, 1.82) is 0 Å². The van der Waals surface area contributed by atoms with Gasteiger partial charge in [-0.1, -0.05) is 23.5 Å². The van der Waals surface area contributed by atoms with Gasteiger partial charge in [-0.3, -0.25) is 0 Å². The maximum atomic E-state index is 5.79. The topological polar surface area (TPSA) is 28.6 Å². The molecule has 2 aliphatic rings. The van der Waals surface area contributed by atoms with Crippen molar-refractivity contribution in [2.45, 2.75) is 25.0 Å². The molecule has 5 heteroatoms. The van der Waals surface area contributed by atoms with Gasteiger partial charge >= 0.3 is 0 Å². The molecule has 0 N–H and O–H groups in total. The summed E-state index contributed by atoms with van der Waals surface area (Å²) in [5.74, 6) is 1.50. The molecule has 0 spiro atoms. The highest BCUT2D eigenvalue weighted by Gasteiger charge is 2.43. The fraction of sp³-hybridized carbons (Fsp3) is 0.611. The number of anilines is 1. The van der Waals surface area contributed by atoms with E-state index in [-0.39, 0.29) is 0 Å². The number of likely N-dealkylation sites (N-methyl/N-ethyl adjacent to an activating group) is 1. The summed E-state index contributed by atoms with van der Waals surface area (Å²) in [6.45, 7) is 2.27. The van der Waals surface area contributed by atoms with Crippen LogP contribution in [0.15, 0.2) is 24.3 Å². The van der Waals surface area contributed by atoms with Crippen LogP contribution in [0.25, 0.3) is 10.2 Å². The molecule has 0 amide bonds. The van der Waals surface area contributed by atoms with Crippen LogP contribution in [0, 0.1) is 11.8 Å². The Labute approximate surface area is 142 Å². The molecule has 1 aromatic carbocycles. The third-order valence-corrected chi connectivity index (χ3v) is 6.70. The largest absolute Gasteiger partial charge is 0.380 e. The molecule has 1 aromatic heterocycles. The van der Waals surface area contributed by atoms with E-state index in [9.17, 15) is 0 Å². The summed E-state index contributed by atoms with van der Waals surface area (Å²) in [5, 5.41) is 1.19. The van der Waals surface area contributed by atoms with Crippen molar-refractivity contribution in [1.82, 2.24) is 9.88 Å². The summed E-state index contributed by atoms with van der Waals surface area (Å²) >= 11 is 1.83. The molecule has 1 aliphatic heterocycles. The summed E-state index contributed by atoms with van der Waals surface area (Å²) < 4.78 is 7.08. The van der Waals surface area contributed by atoms with Gasteiger partial charge in [0.2, 0.25) is 0 Å². The number of hydrogen-bond donors (Lipinski definition) is 0. The van der Waals surface area contributed by atoms with Crippen LogP contribution in [0.3, 0.4) is 0 Å². The van der Waals surface area contributed by atoms with E-state index in [1.807, 2.05) is 18.4 Å². The number of thiazole rings is 1.